The Hall–Kier alpha value is -2.15. The van der Waals surface area contributed by atoms with Gasteiger partial charge in [0, 0.05) is 32.0 Å². The summed E-state index contributed by atoms with van der Waals surface area (Å²) >= 11 is 0. The van der Waals surface area contributed by atoms with Gasteiger partial charge in [-0.2, -0.15) is 4.31 Å². The fourth-order valence-electron chi connectivity index (χ4n) is 2.85. The van der Waals surface area contributed by atoms with Gasteiger partial charge >= 0.3 is 0 Å². The molecule has 0 atom stereocenters. The second kappa shape index (κ2) is 8.03. The first-order valence-corrected chi connectivity index (χ1v) is 10.1. The summed E-state index contributed by atoms with van der Waals surface area (Å²) in [5.41, 5.74) is 2.70. The van der Waals surface area contributed by atoms with E-state index in [0.29, 0.717) is 36.8 Å². The van der Waals surface area contributed by atoms with Gasteiger partial charge in [-0.25, -0.2) is 8.42 Å². The number of sulfonamides is 1. The molecule has 0 saturated carbocycles. The zero-order valence-electron chi connectivity index (χ0n) is 15.1. The van der Waals surface area contributed by atoms with Gasteiger partial charge < -0.3 is 9.64 Å². The first kappa shape index (κ1) is 18.6. The first-order chi connectivity index (χ1) is 12.5. The van der Waals surface area contributed by atoms with Crippen LogP contribution in [0.25, 0.3) is 4.91 Å². The lowest BCUT2D eigenvalue weighted by Crippen LogP contribution is -2.41. The summed E-state index contributed by atoms with van der Waals surface area (Å²) in [5, 5.41) is 0. The van der Waals surface area contributed by atoms with Gasteiger partial charge in [0.2, 0.25) is 10.0 Å². The van der Waals surface area contributed by atoms with Gasteiger partial charge in [0.25, 0.3) is 0 Å². The van der Waals surface area contributed by atoms with Gasteiger partial charge in [0.05, 0.1) is 13.2 Å². The second-order valence-electron chi connectivity index (χ2n) is 6.32. The van der Waals surface area contributed by atoms with Crippen molar-refractivity contribution in [1.82, 2.24) is 4.31 Å². The molecule has 5 nitrogen and oxygen atoms in total. The van der Waals surface area contributed by atoms with Crippen LogP contribution < -0.4 is 4.90 Å². The summed E-state index contributed by atoms with van der Waals surface area (Å²) in [6, 6.07) is 17.3. The highest BCUT2D eigenvalue weighted by molar-refractivity contribution is 7.98. The Morgan fingerprint density at radius 3 is 2.27 bits per heavy atom. The normalized spacial score (nSPS) is 16.5. The average Bonchev–Trinajstić information content (AvgIpc) is 2.68. The monoisotopic (exact) mass is 372 g/mol. The second-order valence-corrected chi connectivity index (χ2v) is 8.23. The Morgan fingerprint density at radius 1 is 1.04 bits per heavy atom. The molecule has 1 aliphatic rings. The highest BCUT2D eigenvalue weighted by atomic mass is 32.2. The van der Waals surface area contributed by atoms with Crippen LogP contribution in [0, 0.1) is 6.92 Å². The molecule has 0 aliphatic carbocycles. The van der Waals surface area contributed by atoms with Crippen molar-refractivity contribution in [3.8, 4) is 0 Å². The van der Waals surface area contributed by atoms with Crippen LogP contribution in [0.2, 0.25) is 0 Å². The summed E-state index contributed by atoms with van der Waals surface area (Å²) in [7, 11) is -1.76. The molecule has 1 saturated heterocycles. The number of benzene rings is 2. The maximum Gasteiger partial charge on any atom is 0.245 e. The van der Waals surface area contributed by atoms with Gasteiger partial charge in [-0.1, -0.05) is 48.0 Å². The van der Waals surface area contributed by atoms with Crippen LogP contribution in [-0.2, 0) is 14.8 Å². The van der Waals surface area contributed by atoms with Crippen molar-refractivity contribution in [3.05, 3.63) is 71.9 Å². The molecular weight excluding hydrogens is 348 g/mol. The zero-order chi connectivity index (χ0) is 18.6. The quantitative estimate of drug-likeness (QED) is 0.809. The largest absolute Gasteiger partial charge is 0.379 e. The molecule has 138 valence electrons. The van der Waals surface area contributed by atoms with Crippen LogP contribution in [0.4, 0.5) is 5.69 Å². The standard InChI is InChI=1S/C20H24N2O3S/c1-17-8-10-18(11-9-17)20(16-21(2)19-6-4-3-5-7-19)26(23,24)22-12-14-25-15-13-22/h3-11,16H,12-15H2,1-2H3/b20-16+. The van der Waals surface area contributed by atoms with Crippen molar-refractivity contribution in [2.24, 2.45) is 0 Å². The van der Waals surface area contributed by atoms with E-state index < -0.39 is 10.0 Å². The van der Waals surface area contributed by atoms with Crippen LogP contribution in [-0.4, -0.2) is 46.1 Å². The molecule has 0 radical (unpaired) electrons. The molecule has 6 heteroatoms. The lowest BCUT2D eigenvalue weighted by molar-refractivity contribution is 0.0737. The molecular formula is C20H24N2O3S. The Kier molecular flexibility index (Phi) is 5.76. The van der Waals surface area contributed by atoms with E-state index in [2.05, 4.69) is 0 Å². The minimum Gasteiger partial charge on any atom is -0.379 e. The third-order valence-corrected chi connectivity index (χ3v) is 6.34. The zero-order valence-corrected chi connectivity index (χ0v) is 15.9. The van der Waals surface area contributed by atoms with E-state index in [1.165, 1.54) is 4.31 Å². The minimum atomic E-state index is -3.62. The van der Waals surface area contributed by atoms with Crippen molar-refractivity contribution in [2.45, 2.75) is 6.92 Å². The van der Waals surface area contributed by atoms with E-state index in [9.17, 15) is 8.42 Å². The third kappa shape index (κ3) is 4.15. The molecule has 0 amide bonds. The van der Waals surface area contributed by atoms with Gasteiger partial charge in [-0.05, 0) is 24.6 Å². The molecule has 0 N–H and O–H groups in total. The number of hydrogen-bond acceptors (Lipinski definition) is 4. The molecule has 0 spiro atoms. The molecule has 1 heterocycles. The van der Waals surface area contributed by atoms with Crippen LogP contribution >= 0.6 is 0 Å². The number of rotatable bonds is 5. The fraction of sp³-hybridized carbons (Fsp3) is 0.300. The van der Waals surface area contributed by atoms with Crippen molar-refractivity contribution in [2.75, 3.05) is 38.3 Å². The topological polar surface area (TPSA) is 49.9 Å². The predicted octanol–water partition coefficient (Wildman–Crippen LogP) is 3.09. The van der Waals surface area contributed by atoms with Crippen molar-refractivity contribution >= 4 is 20.6 Å². The average molecular weight is 372 g/mol. The molecule has 1 fully saturated rings. The van der Waals surface area contributed by atoms with E-state index >= 15 is 0 Å². The van der Waals surface area contributed by atoms with Gasteiger partial charge in [0.1, 0.15) is 4.91 Å². The Labute approximate surface area is 155 Å². The van der Waals surface area contributed by atoms with Gasteiger partial charge in [0.15, 0.2) is 0 Å². The number of aryl methyl sites for hydroxylation is 1. The number of hydrogen-bond donors (Lipinski definition) is 0. The first-order valence-electron chi connectivity index (χ1n) is 8.63. The maximum atomic E-state index is 13.3. The van der Waals surface area contributed by atoms with Crippen LogP contribution in [0.15, 0.2) is 60.8 Å². The third-order valence-electron chi connectivity index (χ3n) is 4.40. The summed E-state index contributed by atoms with van der Waals surface area (Å²) in [6.45, 7) is 3.59. The van der Waals surface area contributed by atoms with Crippen molar-refractivity contribution < 1.29 is 13.2 Å². The highest BCUT2D eigenvalue weighted by Gasteiger charge is 2.29. The minimum absolute atomic E-state index is 0.297. The van der Waals surface area contributed by atoms with Crippen molar-refractivity contribution in [3.63, 3.8) is 0 Å². The van der Waals surface area contributed by atoms with Gasteiger partial charge in [-0.3, -0.25) is 0 Å². The van der Waals surface area contributed by atoms with E-state index in [0.717, 1.165) is 11.3 Å². The number of ether oxygens (including phenoxy) is 1. The molecule has 3 rings (SSSR count). The lowest BCUT2D eigenvalue weighted by Gasteiger charge is -2.28. The molecule has 1 aliphatic heterocycles. The fourth-order valence-corrected chi connectivity index (χ4v) is 4.48. The number of anilines is 1. The lowest BCUT2D eigenvalue weighted by atomic mass is 10.1. The van der Waals surface area contributed by atoms with Crippen LogP contribution in [0.5, 0.6) is 0 Å². The SMILES string of the molecule is Cc1ccc(/C(=C\N(C)c2ccccc2)S(=O)(=O)N2CCOCC2)cc1. The van der Waals surface area contributed by atoms with E-state index in [-0.39, 0.29) is 0 Å². The maximum absolute atomic E-state index is 13.3. The number of morpholine rings is 1. The van der Waals surface area contributed by atoms with Crippen LogP contribution in [0.3, 0.4) is 0 Å². The van der Waals surface area contributed by atoms with E-state index in [4.69, 9.17) is 4.74 Å². The smallest absolute Gasteiger partial charge is 0.245 e. The summed E-state index contributed by atoms with van der Waals surface area (Å²) in [6.07, 6.45) is 1.70. The summed E-state index contributed by atoms with van der Waals surface area (Å²) in [5.74, 6) is 0. The molecule has 0 aromatic heterocycles. The van der Waals surface area contributed by atoms with Gasteiger partial charge in [-0.15, -0.1) is 0 Å². The molecule has 0 bridgehead atoms. The highest BCUT2D eigenvalue weighted by Crippen LogP contribution is 2.27. The Balaban J connectivity index is 2.04. The Bertz CT molecular complexity index is 856. The van der Waals surface area contributed by atoms with E-state index in [1.807, 2.05) is 73.5 Å². The number of para-hydroxylation sites is 1. The predicted molar refractivity (Wildman–Crippen MR) is 105 cm³/mol. The van der Waals surface area contributed by atoms with E-state index in [1.54, 1.807) is 6.20 Å². The van der Waals surface area contributed by atoms with Crippen molar-refractivity contribution in [1.29, 1.82) is 0 Å². The number of nitrogens with zero attached hydrogens (tertiary/aromatic N) is 2. The molecule has 2 aromatic carbocycles. The summed E-state index contributed by atoms with van der Waals surface area (Å²) in [4.78, 5) is 2.14. The molecule has 26 heavy (non-hydrogen) atoms. The molecule has 2 aromatic rings. The summed E-state index contributed by atoms with van der Waals surface area (Å²) < 4.78 is 33.4. The van der Waals surface area contributed by atoms with Crippen LogP contribution in [0.1, 0.15) is 11.1 Å². The molecule has 0 unspecified atom stereocenters. The Morgan fingerprint density at radius 2 is 1.65 bits per heavy atom.